The second-order valence-corrected chi connectivity index (χ2v) is 1.17. The third-order valence-electron chi connectivity index (χ3n) is 0.645. The minimum absolute atomic E-state index is 1.32. The number of rotatable bonds is 5. The Hall–Kier alpha value is -0.280. The predicted molar refractivity (Wildman–Crippen MR) is 33.6 cm³/mol. The smallest absolute Gasteiger partial charge is 0.00157 e. The summed E-state index contributed by atoms with van der Waals surface area (Å²) in [5, 5.41) is 1.32. The summed E-state index contributed by atoms with van der Waals surface area (Å²) in [6.07, 6.45) is 0. The van der Waals surface area contributed by atoms with Crippen LogP contribution in [0, 0.1) is 0 Å². The molecule has 0 spiro atoms. The Morgan fingerprint density at radius 3 is 2.33 bits per heavy atom. The molecule has 0 amide bonds. The lowest BCUT2D eigenvalue weighted by Gasteiger charge is -2.19. The van der Waals surface area contributed by atoms with Gasteiger partial charge < -0.3 is 0 Å². The van der Waals surface area contributed by atoms with Gasteiger partial charge in [0.05, 0.1) is 0 Å². The molecule has 0 radical (unpaired) electrons. The van der Waals surface area contributed by atoms with E-state index in [1.807, 2.05) is 0 Å². The van der Waals surface area contributed by atoms with E-state index in [2.05, 4.69) is 27.5 Å². The lowest BCUT2D eigenvalue weighted by atomic mass is 11.5. The molecule has 0 saturated heterocycles. The van der Waals surface area contributed by atoms with Crippen molar-refractivity contribution >= 4 is 0 Å². The van der Waals surface area contributed by atoms with Gasteiger partial charge in [-0.2, -0.15) is 11.1 Å². The fraction of sp³-hybridized carbons (Fsp3) is 1.00. The molecular weight excluding hydrogens is 122 g/mol. The van der Waals surface area contributed by atoms with Gasteiger partial charge in [0.15, 0.2) is 0 Å². The van der Waals surface area contributed by atoms with Crippen molar-refractivity contribution in [2.75, 3.05) is 14.1 Å². The van der Waals surface area contributed by atoms with E-state index in [1.54, 1.807) is 14.1 Å². The van der Waals surface area contributed by atoms with Crippen LogP contribution in [0.15, 0.2) is 0 Å². The minimum atomic E-state index is 1.32. The first-order valence-electron chi connectivity index (χ1n) is 2.46. The van der Waals surface area contributed by atoms with Crippen LogP contribution >= 0.6 is 0 Å². The highest BCUT2D eigenvalue weighted by Crippen LogP contribution is 1.50. The molecule has 0 aliphatic heterocycles. The van der Waals surface area contributed by atoms with Gasteiger partial charge in [-0.15, -0.1) is 5.53 Å². The van der Waals surface area contributed by atoms with E-state index in [-0.39, 0.29) is 0 Å². The normalized spacial score (nSPS) is 10.7. The first kappa shape index (κ1) is 8.72. The quantitative estimate of drug-likeness (QED) is 0.176. The van der Waals surface area contributed by atoms with Crippen LogP contribution in [0.1, 0.15) is 0 Å². The fourth-order valence-corrected chi connectivity index (χ4v) is 0.265. The highest BCUT2D eigenvalue weighted by molar-refractivity contribution is 4.17. The third kappa shape index (κ3) is 4.24. The van der Waals surface area contributed by atoms with Gasteiger partial charge in [-0.3, -0.25) is 5.84 Å². The molecule has 0 aliphatic carbocycles. The number of hydrogen-bond acceptors (Lipinski definition) is 7. The highest BCUT2D eigenvalue weighted by Gasteiger charge is 1.90. The molecule has 0 unspecified atom stereocenters. The van der Waals surface area contributed by atoms with Crippen molar-refractivity contribution in [3.05, 3.63) is 0 Å². The van der Waals surface area contributed by atoms with Crippen LogP contribution in [0.3, 0.4) is 0 Å². The second kappa shape index (κ2) is 5.85. The molecular formula is C2H13N7. The highest BCUT2D eigenvalue weighted by atomic mass is 16.0. The molecule has 9 heavy (non-hydrogen) atoms. The van der Waals surface area contributed by atoms with E-state index in [1.165, 1.54) is 5.23 Å². The van der Waals surface area contributed by atoms with Crippen molar-refractivity contribution in [1.82, 2.24) is 32.7 Å². The molecule has 7 heteroatoms. The maximum Gasteiger partial charge on any atom is 0.00157 e. The molecule has 0 atom stereocenters. The summed E-state index contributed by atoms with van der Waals surface area (Å²) >= 11 is 0. The zero-order chi connectivity index (χ0) is 7.11. The van der Waals surface area contributed by atoms with Crippen molar-refractivity contribution in [2.45, 2.75) is 0 Å². The van der Waals surface area contributed by atoms with Crippen LogP contribution < -0.4 is 33.3 Å². The van der Waals surface area contributed by atoms with Crippen molar-refractivity contribution in [2.24, 2.45) is 5.84 Å². The lowest BCUT2D eigenvalue weighted by molar-refractivity contribution is 0.0284. The lowest BCUT2D eigenvalue weighted by Crippen LogP contribution is -2.63. The molecule has 0 saturated carbocycles. The maximum absolute atomic E-state index is 5.01. The first-order valence-corrected chi connectivity index (χ1v) is 2.46. The number of hydrogen-bond donors (Lipinski definition) is 6. The van der Waals surface area contributed by atoms with Crippen LogP contribution in [-0.2, 0) is 0 Å². The average Bonchev–Trinajstić information content (AvgIpc) is 1.91. The van der Waals surface area contributed by atoms with Crippen molar-refractivity contribution in [3.8, 4) is 0 Å². The molecule has 0 rings (SSSR count). The van der Waals surface area contributed by atoms with E-state index in [0.29, 0.717) is 0 Å². The molecule has 0 aromatic rings. The molecule has 0 aromatic heterocycles. The number of hydrazine groups is 6. The zero-order valence-corrected chi connectivity index (χ0v) is 5.52. The predicted octanol–water partition coefficient (Wildman–Crippen LogP) is -3.06. The minimum Gasteiger partial charge on any atom is -0.255 e. The topological polar surface area (TPSA) is 89.4 Å². The number of nitrogens with one attached hydrogen (secondary N) is 5. The van der Waals surface area contributed by atoms with Crippen LogP contribution in [-0.4, -0.2) is 19.3 Å². The summed E-state index contributed by atoms with van der Waals surface area (Å²) in [7, 11) is 3.42. The monoisotopic (exact) mass is 135 g/mol. The summed E-state index contributed by atoms with van der Waals surface area (Å²) < 4.78 is 0. The van der Waals surface area contributed by atoms with Crippen molar-refractivity contribution in [1.29, 1.82) is 0 Å². The fourth-order valence-electron chi connectivity index (χ4n) is 0.265. The van der Waals surface area contributed by atoms with Crippen LogP contribution in [0.2, 0.25) is 0 Å². The second-order valence-electron chi connectivity index (χ2n) is 1.17. The Labute approximate surface area is 53.8 Å². The van der Waals surface area contributed by atoms with E-state index in [4.69, 9.17) is 5.84 Å². The molecule has 0 bridgehead atoms. The number of nitrogens with zero attached hydrogens (tertiary/aromatic N) is 1. The molecule has 0 fully saturated rings. The maximum atomic E-state index is 5.01. The van der Waals surface area contributed by atoms with E-state index in [9.17, 15) is 0 Å². The summed E-state index contributed by atoms with van der Waals surface area (Å²) in [5.74, 6) is 5.01. The Morgan fingerprint density at radius 2 is 2.00 bits per heavy atom. The van der Waals surface area contributed by atoms with Gasteiger partial charge in [-0.1, -0.05) is 5.23 Å². The summed E-state index contributed by atoms with van der Waals surface area (Å²) in [6, 6.07) is 0. The van der Waals surface area contributed by atoms with Gasteiger partial charge in [0.2, 0.25) is 0 Å². The van der Waals surface area contributed by atoms with Gasteiger partial charge in [0, 0.05) is 7.05 Å². The molecule has 56 valence electrons. The summed E-state index contributed by atoms with van der Waals surface area (Å²) in [5.41, 5.74) is 12.8. The Morgan fingerprint density at radius 1 is 1.33 bits per heavy atom. The first-order chi connectivity index (χ1) is 4.35. The average molecular weight is 135 g/mol. The van der Waals surface area contributed by atoms with Gasteiger partial charge in [-0.05, 0) is 7.05 Å². The van der Waals surface area contributed by atoms with Crippen LogP contribution in [0.25, 0.3) is 0 Å². The van der Waals surface area contributed by atoms with Crippen LogP contribution in [0.4, 0.5) is 0 Å². The molecule has 0 aromatic carbocycles. The van der Waals surface area contributed by atoms with Gasteiger partial charge >= 0.3 is 0 Å². The zero-order valence-electron chi connectivity index (χ0n) is 5.52. The SMILES string of the molecule is CNNNN(NC)NN. The molecule has 0 heterocycles. The van der Waals surface area contributed by atoms with E-state index < -0.39 is 0 Å². The largest absolute Gasteiger partial charge is 0.255 e. The van der Waals surface area contributed by atoms with Gasteiger partial charge in [0.25, 0.3) is 0 Å². The number of nitrogens with two attached hydrogens (primary N) is 1. The van der Waals surface area contributed by atoms with Crippen molar-refractivity contribution < 1.29 is 0 Å². The van der Waals surface area contributed by atoms with Gasteiger partial charge in [-0.25, -0.2) is 10.9 Å². The van der Waals surface area contributed by atoms with Crippen molar-refractivity contribution in [3.63, 3.8) is 0 Å². The molecule has 7 nitrogen and oxygen atoms in total. The summed E-state index contributed by atoms with van der Waals surface area (Å²) in [4.78, 5) is 0. The Bertz CT molecular complexity index is 50.9. The Balaban J connectivity index is 3.09. The van der Waals surface area contributed by atoms with Crippen LogP contribution in [0.5, 0.6) is 0 Å². The Kier molecular flexibility index (Phi) is 5.67. The van der Waals surface area contributed by atoms with E-state index in [0.717, 1.165) is 0 Å². The standard InChI is InChI=1S/C2H13N7/c1-4-7-8-9(5-2)6-3/h4-8H,3H2,1-2H3. The van der Waals surface area contributed by atoms with E-state index >= 15 is 0 Å². The molecule has 0 aliphatic rings. The van der Waals surface area contributed by atoms with Gasteiger partial charge in [0.1, 0.15) is 0 Å². The molecule has 7 N–H and O–H groups in total. The summed E-state index contributed by atoms with van der Waals surface area (Å²) in [6.45, 7) is 0. The third-order valence-corrected chi connectivity index (χ3v) is 0.645.